The molecule has 0 radical (unpaired) electrons. The first-order chi connectivity index (χ1) is 7.15. The van der Waals surface area contributed by atoms with Crippen molar-refractivity contribution in [3.05, 3.63) is 0 Å². The maximum Gasteiger partial charge on any atom is 0.0630 e. The lowest BCUT2D eigenvalue weighted by Gasteiger charge is -2.31. The molecular formula is C11H26N2O2. The molecule has 0 amide bonds. The standard InChI is InChI=1S/C11H26N2O2/c1-10(2)8-13(5-6-14-3)11(7-12)9-15-4/h10-11H,5-9,12H2,1-4H3. The third-order valence-corrected chi connectivity index (χ3v) is 2.33. The summed E-state index contributed by atoms with van der Waals surface area (Å²) in [7, 11) is 3.44. The Kier molecular flexibility index (Phi) is 9.00. The average Bonchev–Trinajstić information content (AvgIpc) is 2.20. The van der Waals surface area contributed by atoms with E-state index >= 15 is 0 Å². The summed E-state index contributed by atoms with van der Waals surface area (Å²) < 4.78 is 10.3. The zero-order chi connectivity index (χ0) is 11.7. The lowest BCUT2D eigenvalue weighted by Crippen LogP contribution is -2.46. The monoisotopic (exact) mass is 218 g/mol. The Bertz CT molecular complexity index is 143. The molecule has 0 aliphatic heterocycles. The number of hydrogen-bond acceptors (Lipinski definition) is 4. The van der Waals surface area contributed by atoms with Crippen molar-refractivity contribution in [3.63, 3.8) is 0 Å². The normalized spacial score (nSPS) is 13.8. The lowest BCUT2D eigenvalue weighted by atomic mass is 10.1. The van der Waals surface area contributed by atoms with Gasteiger partial charge in [-0.2, -0.15) is 0 Å². The minimum Gasteiger partial charge on any atom is -0.383 e. The van der Waals surface area contributed by atoms with Gasteiger partial charge >= 0.3 is 0 Å². The number of nitrogens with zero attached hydrogens (tertiary/aromatic N) is 1. The van der Waals surface area contributed by atoms with E-state index in [9.17, 15) is 0 Å². The Morgan fingerprint density at radius 1 is 1.20 bits per heavy atom. The third kappa shape index (κ3) is 6.84. The van der Waals surface area contributed by atoms with Crippen molar-refractivity contribution in [2.75, 3.05) is 47.1 Å². The van der Waals surface area contributed by atoms with Crippen molar-refractivity contribution in [2.24, 2.45) is 11.7 Å². The molecule has 15 heavy (non-hydrogen) atoms. The van der Waals surface area contributed by atoms with E-state index in [0.717, 1.165) is 19.7 Å². The number of rotatable bonds is 9. The van der Waals surface area contributed by atoms with Gasteiger partial charge in [-0.1, -0.05) is 13.8 Å². The van der Waals surface area contributed by atoms with E-state index < -0.39 is 0 Å². The summed E-state index contributed by atoms with van der Waals surface area (Å²) in [6.45, 7) is 8.43. The largest absolute Gasteiger partial charge is 0.383 e. The van der Waals surface area contributed by atoms with Crippen LogP contribution in [0.5, 0.6) is 0 Å². The van der Waals surface area contributed by atoms with E-state index in [1.807, 2.05) is 0 Å². The number of methoxy groups -OCH3 is 2. The van der Waals surface area contributed by atoms with Crippen LogP contribution in [0.3, 0.4) is 0 Å². The molecule has 4 heteroatoms. The third-order valence-electron chi connectivity index (χ3n) is 2.33. The highest BCUT2D eigenvalue weighted by Gasteiger charge is 2.17. The number of nitrogens with two attached hydrogens (primary N) is 1. The lowest BCUT2D eigenvalue weighted by molar-refractivity contribution is 0.0638. The minimum atomic E-state index is 0.299. The molecule has 0 aromatic rings. The summed E-state index contributed by atoms with van der Waals surface area (Å²) in [6.07, 6.45) is 0. The van der Waals surface area contributed by atoms with E-state index in [2.05, 4.69) is 18.7 Å². The van der Waals surface area contributed by atoms with E-state index in [0.29, 0.717) is 25.1 Å². The Morgan fingerprint density at radius 2 is 1.87 bits per heavy atom. The van der Waals surface area contributed by atoms with Crippen molar-refractivity contribution in [3.8, 4) is 0 Å². The van der Waals surface area contributed by atoms with Gasteiger partial charge < -0.3 is 15.2 Å². The van der Waals surface area contributed by atoms with E-state index in [1.165, 1.54) is 0 Å². The Morgan fingerprint density at radius 3 is 2.27 bits per heavy atom. The van der Waals surface area contributed by atoms with Gasteiger partial charge in [0.05, 0.1) is 13.2 Å². The Labute approximate surface area is 93.7 Å². The molecule has 0 aromatic heterocycles. The fraction of sp³-hybridized carbons (Fsp3) is 1.00. The maximum atomic E-state index is 5.74. The van der Waals surface area contributed by atoms with E-state index in [1.54, 1.807) is 14.2 Å². The van der Waals surface area contributed by atoms with Crippen LogP contribution in [-0.2, 0) is 9.47 Å². The molecule has 4 nitrogen and oxygen atoms in total. The highest BCUT2D eigenvalue weighted by atomic mass is 16.5. The molecule has 0 spiro atoms. The molecule has 92 valence electrons. The maximum absolute atomic E-state index is 5.74. The zero-order valence-corrected chi connectivity index (χ0v) is 10.5. The molecule has 0 aliphatic carbocycles. The molecular weight excluding hydrogens is 192 g/mol. The highest BCUT2D eigenvalue weighted by molar-refractivity contribution is 4.73. The van der Waals surface area contributed by atoms with Crippen molar-refractivity contribution < 1.29 is 9.47 Å². The molecule has 0 saturated heterocycles. The Balaban J connectivity index is 4.15. The van der Waals surface area contributed by atoms with Gasteiger partial charge in [-0.15, -0.1) is 0 Å². The second-order valence-electron chi connectivity index (χ2n) is 4.23. The number of hydrogen-bond donors (Lipinski definition) is 1. The SMILES string of the molecule is COCCN(CC(C)C)C(CN)COC. The molecule has 0 fully saturated rings. The first kappa shape index (κ1) is 14.8. The van der Waals surface area contributed by atoms with Crippen LogP contribution in [0.25, 0.3) is 0 Å². The Hall–Kier alpha value is -0.160. The van der Waals surface area contributed by atoms with Crippen LogP contribution in [0, 0.1) is 5.92 Å². The molecule has 0 heterocycles. The topological polar surface area (TPSA) is 47.7 Å². The smallest absolute Gasteiger partial charge is 0.0630 e. The van der Waals surface area contributed by atoms with Crippen LogP contribution in [0.4, 0.5) is 0 Å². The predicted octanol–water partition coefficient (Wildman–Crippen LogP) is 0.565. The second-order valence-corrected chi connectivity index (χ2v) is 4.23. The summed E-state index contributed by atoms with van der Waals surface area (Å²) >= 11 is 0. The van der Waals surface area contributed by atoms with Crippen LogP contribution < -0.4 is 5.73 Å². The zero-order valence-electron chi connectivity index (χ0n) is 10.5. The molecule has 1 atom stereocenters. The highest BCUT2D eigenvalue weighted by Crippen LogP contribution is 2.04. The first-order valence-corrected chi connectivity index (χ1v) is 5.57. The molecule has 0 rings (SSSR count). The van der Waals surface area contributed by atoms with Gasteiger partial charge in [0.25, 0.3) is 0 Å². The quantitative estimate of drug-likeness (QED) is 0.614. The summed E-state index contributed by atoms with van der Waals surface area (Å²) in [5.74, 6) is 0.632. The van der Waals surface area contributed by atoms with E-state index in [-0.39, 0.29) is 0 Å². The van der Waals surface area contributed by atoms with Gasteiger partial charge in [0.1, 0.15) is 0 Å². The molecule has 0 saturated carbocycles. The summed E-state index contributed by atoms with van der Waals surface area (Å²) in [5.41, 5.74) is 5.74. The first-order valence-electron chi connectivity index (χ1n) is 5.57. The van der Waals surface area contributed by atoms with Crippen molar-refractivity contribution in [1.29, 1.82) is 0 Å². The number of ether oxygens (including phenoxy) is 2. The summed E-state index contributed by atoms with van der Waals surface area (Å²) in [6, 6.07) is 0.299. The minimum absolute atomic E-state index is 0.299. The molecule has 0 bridgehead atoms. The molecule has 0 aromatic carbocycles. The van der Waals surface area contributed by atoms with Gasteiger partial charge in [0.15, 0.2) is 0 Å². The van der Waals surface area contributed by atoms with Gasteiger partial charge in [0, 0.05) is 39.9 Å². The molecule has 2 N–H and O–H groups in total. The van der Waals surface area contributed by atoms with Gasteiger partial charge in [0.2, 0.25) is 0 Å². The van der Waals surface area contributed by atoms with Gasteiger partial charge in [-0.3, -0.25) is 4.90 Å². The summed E-state index contributed by atoms with van der Waals surface area (Å²) in [4.78, 5) is 2.34. The van der Waals surface area contributed by atoms with E-state index in [4.69, 9.17) is 15.2 Å². The predicted molar refractivity (Wildman–Crippen MR) is 63.0 cm³/mol. The van der Waals surface area contributed by atoms with Crippen molar-refractivity contribution in [2.45, 2.75) is 19.9 Å². The second kappa shape index (κ2) is 9.09. The fourth-order valence-corrected chi connectivity index (χ4v) is 1.62. The van der Waals surface area contributed by atoms with Crippen LogP contribution in [-0.4, -0.2) is 58.0 Å². The van der Waals surface area contributed by atoms with Crippen LogP contribution in [0.1, 0.15) is 13.8 Å². The van der Waals surface area contributed by atoms with Gasteiger partial charge in [-0.25, -0.2) is 0 Å². The summed E-state index contributed by atoms with van der Waals surface area (Å²) in [5, 5.41) is 0. The van der Waals surface area contributed by atoms with Crippen LogP contribution >= 0.6 is 0 Å². The molecule has 1 unspecified atom stereocenters. The average molecular weight is 218 g/mol. The molecule has 0 aliphatic rings. The van der Waals surface area contributed by atoms with Crippen molar-refractivity contribution in [1.82, 2.24) is 4.90 Å². The fourth-order valence-electron chi connectivity index (χ4n) is 1.62. The van der Waals surface area contributed by atoms with Crippen LogP contribution in [0.15, 0.2) is 0 Å². The van der Waals surface area contributed by atoms with Gasteiger partial charge in [-0.05, 0) is 5.92 Å². The van der Waals surface area contributed by atoms with Crippen molar-refractivity contribution >= 4 is 0 Å². The van der Waals surface area contributed by atoms with Crippen LogP contribution in [0.2, 0.25) is 0 Å².